The normalized spacial score (nSPS) is 18.9. The van der Waals surface area contributed by atoms with Crippen molar-refractivity contribution < 1.29 is 13.2 Å². The van der Waals surface area contributed by atoms with Gasteiger partial charge in [-0.3, -0.25) is 0 Å². The minimum atomic E-state index is -3.27. The van der Waals surface area contributed by atoms with Gasteiger partial charge in [0.25, 0.3) is 0 Å². The van der Waals surface area contributed by atoms with E-state index in [9.17, 15) is 13.2 Å². The fourth-order valence-corrected chi connectivity index (χ4v) is 5.00. The molecule has 7 heteroatoms. The molecule has 1 aliphatic heterocycles. The zero-order chi connectivity index (χ0) is 18.3. The molecular formula is C18H29N3O3S. The first-order valence-electron chi connectivity index (χ1n) is 8.98. The van der Waals surface area contributed by atoms with Crippen LogP contribution in [0, 0.1) is 5.92 Å². The predicted octanol–water partition coefficient (Wildman–Crippen LogP) is 3.04. The third-order valence-corrected chi connectivity index (χ3v) is 6.36. The molecule has 1 heterocycles. The number of anilines is 1. The second-order valence-corrected chi connectivity index (χ2v) is 9.00. The molecule has 2 amide bonds. The van der Waals surface area contributed by atoms with Crippen molar-refractivity contribution in [3.63, 3.8) is 0 Å². The average Bonchev–Trinajstić information content (AvgIpc) is 2.59. The summed E-state index contributed by atoms with van der Waals surface area (Å²) in [6.07, 6.45) is 3.32. The van der Waals surface area contributed by atoms with Crippen molar-refractivity contribution in [3.8, 4) is 0 Å². The Morgan fingerprint density at radius 1 is 1.24 bits per heavy atom. The summed E-state index contributed by atoms with van der Waals surface area (Å²) in [7, 11) is -3.27. The quantitative estimate of drug-likeness (QED) is 0.777. The molecule has 1 atom stereocenters. The number of hydrogen-bond donors (Lipinski definition) is 2. The highest BCUT2D eigenvalue weighted by Gasteiger charge is 2.32. The zero-order valence-electron chi connectivity index (χ0n) is 15.1. The van der Waals surface area contributed by atoms with Gasteiger partial charge in [-0.25, -0.2) is 13.2 Å². The Kier molecular flexibility index (Phi) is 7.25. The number of nitrogens with zero attached hydrogens (tertiary/aromatic N) is 1. The molecule has 0 spiro atoms. The summed E-state index contributed by atoms with van der Waals surface area (Å²) in [6, 6.07) is 8.72. The van der Waals surface area contributed by atoms with Crippen molar-refractivity contribution in [1.29, 1.82) is 0 Å². The maximum atomic E-state index is 12.6. The first kappa shape index (κ1) is 19.7. The highest BCUT2D eigenvalue weighted by Crippen LogP contribution is 2.21. The largest absolute Gasteiger partial charge is 0.336 e. The molecule has 0 aromatic heterocycles. The second kappa shape index (κ2) is 9.20. The van der Waals surface area contributed by atoms with Crippen molar-refractivity contribution in [2.45, 2.75) is 45.6 Å². The molecule has 140 valence electrons. The second-order valence-electron chi connectivity index (χ2n) is 6.96. The standard InChI is InChI=1S/C18H29N3O3S/c1-15(2)11-13-25(23,24)21-12-7-6-10-17(21)14-19-18(22)20-16-8-4-3-5-9-16/h3-5,8-9,15,17H,6-7,10-14H2,1-2H3,(H2,19,20,22). The molecular weight excluding hydrogens is 338 g/mol. The van der Waals surface area contributed by atoms with E-state index in [2.05, 4.69) is 10.6 Å². The summed E-state index contributed by atoms with van der Waals surface area (Å²) in [4.78, 5) is 12.0. The molecule has 6 nitrogen and oxygen atoms in total. The van der Waals surface area contributed by atoms with Gasteiger partial charge >= 0.3 is 6.03 Å². The van der Waals surface area contributed by atoms with Crippen LogP contribution >= 0.6 is 0 Å². The van der Waals surface area contributed by atoms with Gasteiger partial charge < -0.3 is 10.6 Å². The van der Waals surface area contributed by atoms with Gasteiger partial charge in [0.2, 0.25) is 10.0 Å². The third-order valence-electron chi connectivity index (χ3n) is 4.41. The van der Waals surface area contributed by atoms with E-state index >= 15 is 0 Å². The molecule has 25 heavy (non-hydrogen) atoms. The van der Waals surface area contributed by atoms with Gasteiger partial charge in [0.15, 0.2) is 0 Å². The van der Waals surface area contributed by atoms with Gasteiger partial charge in [-0.05, 0) is 37.3 Å². The summed E-state index contributed by atoms with van der Waals surface area (Å²) in [6.45, 7) is 4.93. The molecule has 1 unspecified atom stereocenters. The van der Waals surface area contributed by atoms with E-state index in [1.54, 1.807) is 4.31 Å². The number of para-hydroxylation sites is 1. The maximum Gasteiger partial charge on any atom is 0.319 e. The number of amides is 2. The number of carbonyl (C=O) groups is 1. The number of nitrogens with one attached hydrogen (secondary N) is 2. The van der Waals surface area contributed by atoms with Crippen LogP contribution in [0.4, 0.5) is 10.5 Å². The van der Waals surface area contributed by atoms with Crippen LogP contribution in [0.1, 0.15) is 39.5 Å². The van der Waals surface area contributed by atoms with Crippen LogP contribution in [0.5, 0.6) is 0 Å². The Labute approximate surface area is 151 Å². The number of carbonyl (C=O) groups excluding carboxylic acids is 1. The summed E-state index contributed by atoms with van der Waals surface area (Å²) >= 11 is 0. The minimum absolute atomic E-state index is 0.160. The summed E-state index contributed by atoms with van der Waals surface area (Å²) in [5.74, 6) is 0.532. The molecule has 1 aliphatic rings. The molecule has 1 aromatic rings. The van der Waals surface area contributed by atoms with Gasteiger partial charge in [-0.15, -0.1) is 0 Å². The molecule has 0 saturated carbocycles. The van der Waals surface area contributed by atoms with Crippen LogP contribution < -0.4 is 10.6 Å². The first-order chi connectivity index (χ1) is 11.9. The Morgan fingerprint density at radius 3 is 2.64 bits per heavy atom. The number of piperidine rings is 1. The molecule has 0 bridgehead atoms. The Bertz CT molecular complexity index is 647. The summed E-state index contributed by atoms with van der Waals surface area (Å²) in [5, 5.41) is 5.57. The van der Waals surface area contributed by atoms with Crippen LogP contribution in [-0.4, -0.2) is 43.6 Å². The van der Waals surface area contributed by atoms with Gasteiger partial charge in [-0.1, -0.05) is 38.5 Å². The highest BCUT2D eigenvalue weighted by atomic mass is 32.2. The SMILES string of the molecule is CC(C)CCS(=O)(=O)N1CCCCC1CNC(=O)Nc1ccccc1. The topological polar surface area (TPSA) is 78.5 Å². The van der Waals surface area contributed by atoms with E-state index in [4.69, 9.17) is 0 Å². The minimum Gasteiger partial charge on any atom is -0.336 e. The first-order valence-corrected chi connectivity index (χ1v) is 10.6. The molecule has 2 rings (SSSR count). The summed E-state index contributed by atoms with van der Waals surface area (Å²) in [5.41, 5.74) is 0.713. The lowest BCUT2D eigenvalue weighted by Crippen LogP contribution is -2.50. The number of hydrogen-bond acceptors (Lipinski definition) is 3. The van der Waals surface area contributed by atoms with Gasteiger partial charge in [0, 0.05) is 24.8 Å². The Hall–Kier alpha value is -1.60. The van der Waals surface area contributed by atoms with E-state index < -0.39 is 10.0 Å². The van der Waals surface area contributed by atoms with Crippen molar-refractivity contribution in [2.75, 3.05) is 24.2 Å². The van der Waals surface area contributed by atoms with Crippen LogP contribution in [-0.2, 0) is 10.0 Å². The van der Waals surface area contributed by atoms with Crippen LogP contribution in [0.25, 0.3) is 0 Å². The lowest BCUT2D eigenvalue weighted by atomic mass is 10.1. The molecule has 2 N–H and O–H groups in total. The average molecular weight is 368 g/mol. The van der Waals surface area contributed by atoms with E-state index in [-0.39, 0.29) is 17.8 Å². The number of rotatable bonds is 7. The predicted molar refractivity (Wildman–Crippen MR) is 101 cm³/mol. The van der Waals surface area contributed by atoms with Crippen LogP contribution in [0.3, 0.4) is 0 Å². The molecule has 0 radical (unpaired) electrons. The summed E-state index contributed by atoms with van der Waals surface area (Å²) < 4.78 is 26.9. The monoisotopic (exact) mass is 367 g/mol. The van der Waals surface area contributed by atoms with E-state index in [1.165, 1.54) is 0 Å². The fraction of sp³-hybridized carbons (Fsp3) is 0.611. The maximum absolute atomic E-state index is 12.6. The molecule has 1 saturated heterocycles. The smallest absolute Gasteiger partial charge is 0.319 e. The van der Waals surface area contributed by atoms with Gasteiger partial charge in [-0.2, -0.15) is 4.31 Å². The van der Waals surface area contributed by atoms with E-state index in [0.717, 1.165) is 19.3 Å². The van der Waals surface area contributed by atoms with Crippen LogP contribution in [0.15, 0.2) is 30.3 Å². The van der Waals surface area contributed by atoms with Crippen molar-refractivity contribution in [2.24, 2.45) is 5.92 Å². The van der Waals surface area contributed by atoms with E-state index in [1.807, 2.05) is 44.2 Å². The Morgan fingerprint density at radius 2 is 1.96 bits per heavy atom. The molecule has 1 fully saturated rings. The van der Waals surface area contributed by atoms with Crippen molar-refractivity contribution >= 4 is 21.7 Å². The number of sulfonamides is 1. The van der Waals surface area contributed by atoms with Crippen molar-refractivity contribution in [3.05, 3.63) is 30.3 Å². The fourth-order valence-electron chi connectivity index (χ4n) is 2.95. The zero-order valence-corrected chi connectivity index (χ0v) is 15.9. The number of benzene rings is 1. The Balaban J connectivity index is 1.90. The van der Waals surface area contributed by atoms with Crippen molar-refractivity contribution in [1.82, 2.24) is 9.62 Å². The number of urea groups is 1. The molecule has 1 aromatic carbocycles. The lowest BCUT2D eigenvalue weighted by molar-refractivity contribution is 0.231. The van der Waals surface area contributed by atoms with Gasteiger partial charge in [0.05, 0.1) is 5.75 Å². The highest BCUT2D eigenvalue weighted by molar-refractivity contribution is 7.89. The third kappa shape index (κ3) is 6.32. The molecule has 0 aliphatic carbocycles. The van der Waals surface area contributed by atoms with Crippen LogP contribution in [0.2, 0.25) is 0 Å². The van der Waals surface area contributed by atoms with E-state index in [0.29, 0.717) is 31.1 Å². The lowest BCUT2D eigenvalue weighted by Gasteiger charge is -2.35. The van der Waals surface area contributed by atoms with Gasteiger partial charge in [0.1, 0.15) is 0 Å².